The van der Waals surface area contributed by atoms with Crippen molar-refractivity contribution in [2.75, 3.05) is 0 Å². The van der Waals surface area contributed by atoms with Crippen molar-refractivity contribution < 1.29 is 5.11 Å². The molecule has 0 bridgehead atoms. The zero-order valence-corrected chi connectivity index (χ0v) is 12.5. The summed E-state index contributed by atoms with van der Waals surface area (Å²) >= 11 is 5.96. The van der Waals surface area contributed by atoms with Crippen LogP contribution in [-0.4, -0.2) is 5.11 Å². The number of rotatable bonds is 2. The molecule has 0 aliphatic carbocycles. The highest BCUT2D eigenvalue weighted by atomic mass is 35.5. The van der Waals surface area contributed by atoms with Gasteiger partial charge in [-0.1, -0.05) is 29.8 Å². The Bertz CT molecular complexity index is 617. The van der Waals surface area contributed by atoms with Crippen LogP contribution in [0.2, 0.25) is 5.02 Å². The smallest absolute Gasteiger partial charge is 0.105 e. The fourth-order valence-electron chi connectivity index (χ4n) is 2.39. The Morgan fingerprint density at radius 3 is 2.00 bits per heavy atom. The molecular weight excluding hydrogens is 256 g/mol. The normalized spacial score (nSPS) is 12.5. The molecule has 19 heavy (non-hydrogen) atoms. The minimum absolute atomic E-state index is 0.600. The molecule has 0 aliphatic heterocycles. The number of halogens is 1. The molecule has 1 N–H and O–H groups in total. The molecule has 0 aromatic heterocycles. The van der Waals surface area contributed by atoms with Gasteiger partial charge in [-0.3, -0.25) is 0 Å². The molecule has 0 saturated carbocycles. The standard InChI is InChI=1S/C17H19ClO/c1-10-7-12(3)16(9-11(10)2)17(19)15-6-5-14(18)8-13(15)4/h5-9,17,19H,1-4H3. The molecule has 0 heterocycles. The first-order valence-corrected chi connectivity index (χ1v) is 6.80. The third-order valence-electron chi connectivity index (χ3n) is 3.70. The average molecular weight is 275 g/mol. The maximum absolute atomic E-state index is 10.6. The first-order valence-electron chi connectivity index (χ1n) is 6.42. The molecule has 0 radical (unpaired) electrons. The quantitative estimate of drug-likeness (QED) is 0.845. The Kier molecular flexibility index (Phi) is 3.98. The predicted molar refractivity (Wildman–Crippen MR) is 80.9 cm³/mol. The van der Waals surface area contributed by atoms with Gasteiger partial charge in [0.05, 0.1) is 0 Å². The lowest BCUT2D eigenvalue weighted by atomic mass is 9.92. The van der Waals surface area contributed by atoms with Crippen molar-refractivity contribution in [3.63, 3.8) is 0 Å². The van der Waals surface area contributed by atoms with Crippen molar-refractivity contribution in [2.45, 2.75) is 33.8 Å². The number of hydrogen-bond acceptors (Lipinski definition) is 1. The van der Waals surface area contributed by atoms with Crippen molar-refractivity contribution in [2.24, 2.45) is 0 Å². The van der Waals surface area contributed by atoms with E-state index in [4.69, 9.17) is 11.6 Å². The summed E-state index contributed by atoms with van der Waals surface area (Å²) in [6, 6.07) is 9.81. The number of hydrogen-bond donors (Lipinski definition) is 1. The summed E-state index contributed by atoms with van der Waals surface area (Å²) in [5.74, 6) is 0. The fraction of sp³-hybridized carbons (Fsp3) is 0.294. The molecule has 1 unspecified atom stereocenters. The summed E-state index contributed by atoms with van der Waals surface area (Å²) in [4.78, 5) is 0. The van der Waals surface area contributed by atoms with Crippen LogP contribution in [0.25, 0.3) is 0 Å². The summed E-state index contributed by atoms with van der Waals surface area (Å²) < 4.78 is 0. The SMILES string of the molecule is Cc1cc(C)c(C(O)c2ccc(Cl)cc2C)cc1C. The van der Waals surface area contributed by atoms with E-state index in [1.54, 1.807) is 0 Å². The summed E-state index contributed by atoms with van der Waals surface area (Å²) in [6.07, 6.45) is -0.600. The summed E-state index contributed by atoms with van der Waals surface area (Å²) in [5.41, 5.74) is 6.46. The second kappa shape index (κ2) is 5.36. The Morgan fingerprint density at radius 2 is 1.37 bits per heavy atom. The monoisotopic (exact) mass is 274 g/mol. The molecule has 100 valence electrons. The zero-order valence-electron chi connectivity index (χ0n) is 11.8. The maximum atomic E-state index is 10.6. The number of aryl methyl sites for hydroxylation is 4. The molecule has 2 rings (SSSR count). The Hall–Kier alpha value is -1.31. The van der Waals surface area contributed by atoms with Crippen LogP contribution in [0.4, 0.5) is 0 Å². The van der Waals surface area contributed by atoms with E-state index in [9.17, 15) is 5.11 Å². The van der Waals surface area contributed by atoms with Gasteiger partial charge in [0, 0.05) is 5.02 Å². The van der Waals surface area contributed by atoms with E-state index in [1.165, 1.54) is 11.1 Å². The van der Waals surface area contributed by atoms with E-state index in [2.05, 4.69) is 26.0 Å². The predicted octanol–water partition coefficient (Wildman–Crippen LogP) is 4.66. The van der Waals surface area contributed by atoms with Crippen molar-refractivity contribution in [1.82, 2.24) is 0 Å². The minimum atomic E-state index is -0.600. The van der Waals surface area contributed by atoms with Crippen LogP contribution >= 0.6 is 11.6 Å². The Labute approximate surface area is 119 Å². The molecule has 0 fully saturated rings. The average Bonchev–Trinajstić information content (AvgIpc) is 2.33. The van der Waals surface area contributed by atoms with Crippen molar-refractivity contribution in [3.8, 4) is 0 Å². The van der Waals surface area contributed by atoms with Crippen LogP contribution in [-0.2, 0) is 0 Å². The van der Waals surface area contributed by atoms with Crippen molar-refractivity contribution in [1.29, 1.82) is 0 Å². The highest BCUT2D eigenvalue weighted by Crippen LogP contribution is 2.30. The molecular formula is C17H19ClO. The van der Waals surface area contributed by atoms with Crippen LogP contribution < -0.4 is 0 Å². The van der Waals surface area contributed by atoms with Crippen LogP contribution in [0.3, 0.4) is 0 Å². The lowest BCUT2D eigenvalue weighted by molar-refractivity contribution is 0.218. The number of aliphatic hydroxyl groups excluding tert-OH is 1. The first-order chi connectivity index (χ1) is 8.90. The van der Waals surface area contributed by atoms with Crippen LogP contribution in [0.5, 0.6) is 0 Å². The fourth-order valence-corrected chi connectivity index (χ4v) is 2.62. The molecule has 1 nitrogen and oxygen atoms in total. The second-order valence-corrected chi connectivity index (χ2v) is 5.63. The molecule has 1 atom stereocenters. The van der Waals surface area contributed by atoms with Gasteiger partial charge in [-0.15, -0.1) is 0 Å². The van der Waals surface area contributed by atoms with E-state index in [1.807, 2.05) is 32.0 Å². The Balaban J connectivity index is 2.49. The van der Waals surface area contributed by atoms with Gasteiger partial charge in [0.1, 0.15) is 6.10 Å². The van der Waals surface area contributed by atoms with Crippen molar-refractivity contribution >= 4 is 11.6 Å². The molecule has 0 aliphatic rings. The van der Waals surface area contributed by atoms with Gasteiger partial charge < -0.3 is 5.11 Å². The van der Waals surface area contributed by atoms with Gasteiger partial charge in [-0.05, 0) is 73.2 Å². The summed E-state index contributed by atoms with van der Waals surface area (Å²) in [6.45, 7) is 8.17. The van der Waals surface area contributed by atoms with E-state index in [0.717, 1.165) is 22.3 Å². The van der Waals surface area contributed by atoms with Gasteiger partial charge in [0.15, 0.2) is 0 Å². The number of aliphatic hydroxyl groups is 1. The minimum Gasteiger partial charge on any atom is -0.384 e. The molecule has 0 saturated heterocycles. The molecule has 2 aromatic carbocycles. The third kappa shape index (κ3) is 2.83. The highest BCUT2D eigenvalue weighted by molar-refractivity contribution is 6.30. The third-order valence-corrected chi connectivity index (χ3v) is 3.94. The van der Waals surface area contributed by atoms with E-state index in [-0.39, 0.29) is 0 Å². The van der Waals surface area contributed by atoms with E-state index in [0.29, 0.717) is 5.02 Å². The molecule has 0 amide bonds. The van der Waals surface area contributed by atoms with Gasteiger partial charge in [0.2, 0.25) is 0 Å². The van der Waals surface area contributed by atoms with Gasteiger partial charge >= 0.3 is 0 Å². The maximum Gasteiger partial charge on any atom is 0.105 e. The van der Waals surface area contributed by atoms with Crippen LogP contribution in [0.15, 0.2) is 30.3 Å². The Morgan fingerprint density at radius 1 is 0.789 bits per heavy atom. The van der Waals surface area contributed by atoms with Gasteiger partial charge in [-0.2, -0.15) is 0 Å². The highest BCUT2D eigenvalue weighted by Gasteiger charge is 2.16. The molecule has 2 heteroatoms. The largest absolute Gasteiger partial charge is 0.384 e. The topological polar surface area (TPSA) is 20.2 Å². The molecule has 0 spiro atoms. The van der Waals surface area contributed by atoms with Gasteiger partial charge in [-0.25, -0.2) is 0 Å². The summed E-state index contributed by atoms with van der Waals surface area (Å²) in [7, 11) is 0. The van der Waals surface area contributed by atoms with Gasteiger partial charge in [0.25, 0.3) is 0 Å². The first kappa shape index (κ1) is 14.1. The number of benzene rings is 2. The lowest BCUT2D eigenvalue weighted by Gasteiger charge is -2.18. The van der Waals surface area contributed by atoms with Crippen LogP contribution in [0, 0.1) is 27.7 Å². The lowest BCUT2D eigenvalue weighted by Crippen LogP contribution is -2.05. The zero-order chi connectivity index (χ0) is 14.2. The second-order valence-electron chi connectivity index (χ2n) is 5.20. The summed E-state index contributed by atoms with van der Waals surface area (Å²) in [5, 5.41) is 11.3. The van der Waals surface area contributed by atoms with E-state index >= 15 is 0 Å². The molecule has 2 aromatic rings. The van der Waals surface area contributed by atoms with Crippen LogP contribution in [0.1, 0.15) is 39.5 Å². The van der Waals surface area contributed by atoms with E-state index < -0.39 is 6.10 Å². The van der Waals surface area contributed by atoms with Crippen molar-refractivity contribution in [3.05, 3.63) is 68.7 Å².